The van der Waals surface area contributed by atoms with Crippen molar-refractivity contribution in [1.82, 2.24) is 9.62 Å². The Labute approximate surface area is 139 Å². The van der Waals surface area contributed by atoms with E-state index in [-0.39, 0.29) is 12.5 Å². The van der Waals surface area contributed by atoms with Crippen molar-refractivity contribution in [2.24, 2.45) is 5.92 Å². The molecule has 1 amide bonds. The van der Waals surface area contributed by atoms with Crippen molar-refractivity contribution >= 4 is 21.9 Å². The number of rotatable bonds is 7. The van der Waals surface area contributed by atoms with E-state index in [0.717, 1.165) is 22.9 Å². The highest BCUT2D eigenvalue weighted by Crippen LogP contribution is 2.32. The minimum absolute atomic E-state index is 0.214. The van der Waals surface area contributed by atoms with Gasteiger partial charge in [0.2, 0.25) is 16.8 Å². The predicted octanol–water partition coefficient (Wildman–Crippen LogP) is 1.05. The van der Waals surface area contributed by atoms with Gasteiger partial charge in [-0.2, -0.15) is 4.31 Å². The first-order chi connectivity index (χ1) is 11.4. The number of amides is 1. The van der Waals surface area contributed by atoms with E-state index in [4.69, 9.17) is 9.52 Å². The van der Waals surface area contributed by atoms with Crippen LogP contribution in [0.1, 0.15) is 42.7 Å². The summed E-state index contributed by atoms with van der Waals surface area (Å²) < 4.78 is 31.3. The van der Waals surface area contributed by atoms with E-state index in [1.165, 1.54) is 12.8 Å². The summed E-state index contributed by atoms with van der Waals surface area (Å²) in [6.45, 7) is 0.768. The Hall–Kier alpha value is -1.87. The smallest absolute Gasteiger partial charge is 0.371 e. The number of nitrogens with zero attached hydrogens (tertiary/aromatic N) is 1. The van der Waals surface area contributed by atoms with Gasteiger partial charge in [0, 0.05) is 13.1 Å². The summed E-state index contributed by atoms with van der Waals surface area (Å²) in [7, 11) is -4.03. The van der Waals surface area contributed by atoms with Crippen molar-refractivity contribution in [3.05, 3.63) is 17.9 Å². The SMILES string of the molecule is O=C(O)c1ccc(S(=O)(=O)N2CCCC2C(=O)NCCC2CC2)o1. The first-order valence-corrected chi connectivity index (χ1v) is 9.46. The van der Waals surface area contributed by atoms with E-state index in [1.54, 1.807) is 0 Å². The van der Waals surface area contributed by atoms with Gasteiger partial charge in [0.15, 0.2) is 0 Å². The first kappa shape index (κ1) is 17.0. The van der Waals surface area contributed by atoms with Gasteiger partial charge < -0.3 is 14.8 Å². The molecule has 1 aliphatic carbocycles. The van der Waals surface area contributed by atoms with E-state index in [1.807, 2.05) is 0 Å². The predicted molar refractivity (Wildman–Crippen MR) is 82.9 cm³/mol. The zero-order chi connectivity index (χ0) is 17.3. The lowest BCUT2D eigenvalue weighted by Gasteiger charge is -2.22. The van der Waals surface area contributed by atoms with E-state index < -0.39 is 32.9 Å². The summed E-state index contributed by atoms with van der Waals surface area (Å²) >= 11 is 0. The largest absolute Gasteiger partial charge is 0.475 e. The minimum atomic E-state index is -4.03. The topological polar surface area (TPSA) is 117 Å². The third-order valence-corrected chi connectivity index (χ3v) is 6.19. The number of carbonyl (C=O) groups is 2. The molecule has 0 spiro atoms. The van der Waals surface area contributed by atoms with Gasteiger partial charge in [0.1, 0.15) is 6.04 Å². The van der Waals surface area contributed by atoms with E-state index in [9.17, 15) is 18.0 Å². The second kappa shape index (κ2) is 6.56. The molecule has 1 aliphatic heterocycles. The molecule has 1 saturated carbocycles. The molecule has 24 heavy (non-hydrogen) atoms. The molecule has 2 N–H and O–H groups in total. The molecule has 2 fully saturated rings. The first-order valence-electron chi connectivity index (χ1n) is 8.02. The molecule has 9 heteroatoms. The molecule has 3 rings (SSSR count). The van der Waals surface area contributed by atoms with Gasteiger partial charge in [-0.3, -0.25) is 4.79 Å². The van der Waals surface area contributed by atoms with Gasteiger partial charge in [0.25, 0.3) is 10.0 Å². The van der Waals surface area contributed by atoms with Crippen LogP contribution >= 0.6 is 0 Å². The maximum Gasteiger partial charge on any atom is 0.371 e. The molecule has 0 aromatic carbocycles. The third kappa shape index (κ3) is 3.46. The Balaban J connectivity index is 1.70. The summed E-state index contributed by atoms with van der Waals surface area (Å²) in [4.78, 5) is 23.2. The standard InChI is InChI=1S/C15H20N2O6S/c18-14(16-8-7-10-3-4-10)11-2-1-9-17(11)24(21,22)13-6-5-12(23-13)15(19)20/h5-6,10-11H,1-4,7-9H2,(H,16,18)(H,19,20). The number of aromatic carboxylic acids is 1. The monoisotopic (exact) mass is 356 g/mol. The normalized spacial score (nSPS) is 21.8. The molecular formula is C15H20N2O6S. The van der Waals surface area contributed by atoms with Crippen LogP contribution in [-0.4, -0.2) is 48.8 Å². The number of hydrogen-bond donors (Lipinski definition) is 2. The van der Waals surface area contributed by atoms with Crippen molar-refractivity contribution in [3.8, 4) is 0 Å². The lowest BCUT2D eigenvalue weighted by atomic mass is 10.2. The number of sulfonamides is 1. The van der Waals surface area contributed by atoms with Crippen molar-refractivity contribution in [2.75, 3.05) is 13.1 Å². The van der Waals surface area contributed by atoms with Crippen LogP contribution in [0.4, 0.5) is 0 Å². The van der Waals surface area contributed by atoms with Gasteiger partial charge in [-0.1, -0.05) is 12.8 Å². The number of carbonyl (C=O) groups excluding carboxylic acids is 1. The second-order valence-corrected chi connectivity index (χ2v) is 8.04. The molecule has 132 valence electrons. The van der Waals surface area contributed by atoms with Crippen LogP contribution in [-0.2, 0) is 14.8 Å². The molecule has 1 aromatic heterocycles. The van der Waals surface area contributed by atoms with Gasteiger partial charge in [-0.25, -0.2) is 13.2 Å². The van der Waals surface area contributed by atoms with Crippen molar-refractivity contribution in [2.45, 2.75) is 43.2 Å². The van der Waals surface area contributed by atoms with E-state index in [0.29, 0.717) is 25.3 Å². The summed E-state index contributed by atoms with van der Waals surface area (Å²) in [5, 5.41) is 11.2. The van der Waals surface area contributed by atoms with Crippen LogP contribution in [0, 0.1) is 5.92 Å². The molecule has 0 radical (unpaired) electrons. The van der Waals surface area contributed by atoms with Crippen LogP contribution in [0.3, 0.4) is 0 Å². The van der Waals surface area contributed by atoms with Crippen LogP contribution in [0.15, 0.2) is 21.6 Å². The lowest BCUT2D eigenvalue weighted by Crippen LogP contribution is -2.46. The number of nitrogens with one attached hydrogen (secondary N) is 1. The summed E-state index contributed by atoms with van der Waals surface area (Å²) in [6.07, 6.45) is 4.34. The van der Waals surface area contributed by atoms with Crippen molar-refractivity contribution in [1.29, 1.82) is 0 Å². The van der Waals surface area contributed by atoms with Gasteiger partial charge >= 0.3 is 5.97 Å². The number of hydrogen-bond acceptors (Lipinski definition) is 5. The summed E-state index contributed by atoms with van der Waals surface area (Å²) in [5.74, 6) is -1.40. The Bertz CT molecular complexity index is 737. The fraction of sp³-hybridized carbons (Fsp3) is 0.600. The molecule has 1 aromatic rings. The number of furan rings is 1. The zero-order valence-corrected chi connectivity index (χ0v) is 13.9. The Morgan fingerprint density at radius 2 is 2.04 bits per heavy atom. The lowest BCUT2D eigenvalue weighted by molar-refractivity contribution is -0.124. The van der Waals surface area contributed by atoms with Crippen molar-refractivity contribution in [3.63, 3.8) is 0 Å². The van der Waals surface area contributed by atoms with Gasteiger partial charge in [-0.15, -0.1) is 0 Å². The molecule has 2 heterocycles. The van der Waals surface area contributed by atoms with Gasteiger partial charge in [-0.05, 0) is 37.3 Å². The highest BCUT2D eigenvalue weighted by Gasteiger charge is 2.41. The average Bonchev–Trinajstić information content (AvgIpc) is 3.06. The Morgan fingerprint density at radius 1 is 1.29 bits per heavy atom. The fourth-order valence-electron chi connectivity index (χ4n) is 2.90. The third-order valence-electron chi connectivity index (χ3n) is 4.41. The van der Waals surface area contributed by atoms with E-state index >= 15 is 0 Å². The quantitative estimate of drug-likeness (QED) is 0.754. The van der Waals surface area contributed by atoms with Crippen LogP contribution in [0.25, 0.3) is 0 Å². The van der Waals surface area contributed by atoms with E-state index in [2.05, 4.69) is 5.32 Å². The Kier molecular flexibility index (Phi) is 4.64. The van der Waals surface area contributed by atoms with Crippen LogP contribution < -0.4 is 5.32 Å². The maximum absolute atomic E-state index is 12.6. The number of carboxylic acids is 1. The fourth-order valence-corrected chi connectivity index (χ4v) is 4.47. The van der Waals surface area contributed by atoms with Crippen LogP contribution in [0.2, 0.25) is 0 Å². The highest BCUT2D eigenvalue weighted by molar-refractivity contribution is 7.89. The molecule has 1 saturated heterocycles. The molecule has 1 atom stereocenters. The maximum atomic E-state index is 12.6. The summed E-state index contributed by atoms with van der Waals surface area (Å²) in [5.41, 5.74) is 0. The molecule has 8 nitrogen and oxygen atoms in total. The molecule has 0 bridgehead atoms. The van der Waals surface area contributed by atoms with Crippen LogP contribution in [0.5, 0.6) is 0 Å². The average molecular weight is 356 g/mol. The summed E-state index contributed by atoms with van der Waals surface area (Å²) in [6, 6.07) is 1.43. The molecule has 1 unspecified atom stereocenters. The zero-order valence-electron chi connectivity index (χ0n) is 13.1. The Morgan fingerprint density at radius 3 is 2.67 bits per heavy atom. The number of carboxylic acid groups (broad SMARTS) is 1. The second-order valence-electron chi connectivity index (χ2n) is 6.22. The van der Waals surface area contributed by atoms with Gasteiger partial charge in [0.05, 0.1) is 0 Å². The molecular weight excluding hydrogens is 336 g/mol. The molecule has 2 aliphatic rings. The highest BCUT2D eigenvalue weighted by atomic mass is 32.2. The van der Waals surface area contributed by atoms with Crippen molar-refractivity contribution < 1.29 is 27.5 Å². The minimum Gasteiger partial charge on any atom is -0.475 e.